The molecule has 0 radical (unpaired) electrons. The third kappa shape index (κ3) is 7.04. The van der Waals surface area contributed by atoms with Gasteiger partial charge in [-0.1, -0.05) is 31.2 Å². The van der Waals surface area contributed by atoms with Crippen molar-refractivity contribution in [3.05, 3.63) is 88.5 Å². The number of halogens is 5. The first kappa shape index (κ1) is 36.6. The minimum Gasteiger partial charge on any atom is -0.480 e. The predicted molar refractivity (Wildman–Crippen MR) is 195 cm³/mol. The monoisotopic (exact) mass is 760 g/mol. The number of hydrogen-bond donors (Lipinski definition) is 1. The molecule has 2 saturated heterocycles. The van der Waals surface area contributed by atoms with Crippen LogP contribution in [0.3, 0.4) is 0 Å². The van der Waals surface area contributed by atoms with Gasteiger partial charge in [0.15, 0.2) is 11.2 Å². The molecule has 0 saturated carbocycles. The molecule has 2 aliphatic heterocycles. The Kier molecular flexibility index (Phi) is 9.36. The van der Waals surface area contributed by atoms with Gasteiger partial charge in [-0.15, -0.1) is 0 Å². The molecule has 14 heteroatoms. The fraction of sp³-hybridized carbons (Fsp3) is 0.341. The largest absolute Gasteiger partial charge is 0.480 e. The second-order valence-corrected chi connectivity index (χ2v) is 14.6. The highest BCUT2D eigenvalue weighted by atomic mass is 19.4. The lowest BCUT2D eigenvalue weighted by Gasteiger charge is -2.37. The van der Waals surface area contributed by atoms with Crippen LogP contribution in [-0.4, -0.2) is 63.1 Å². The molecular formula is C41H37F5N4O5. The van der Waals surface area contributed by atoms with Crippen LogP contribution in [0.5, 0.6) is 5.75 Å². The molecule has 1 N–H and O–H groups in total. The maximum absolute atomic E-state index is 14.3. The van der Waals surface area contributed by atoms with Crippen LogP contribution in [0.4, 0.5) is 22.0 Å². The van der Waals surface area contributed by atoms with Crippen LogP contribution in [0, 0.1) is 19.8 Å². The van der Waals surface area contributed by atoms with Gasteiger partial charge in [-0.2, -0.15) is 22.0 Å². The highest BCUT2D eigenvalue weighted by molar-refractivity contribution is 5.86. The van der Waals surface area contributed by atoms with Gasteiger partial charge in [0.25, 0.3) is 0 Å². The summed E-state index contributed by atoms with van der Waals surface area (Å²) in [5, 5.41) is 9.65. The van der Waals surface area contributed by atoms with Gasteiger partial charge in [-0.3, -0.25) is 14.6 Å². The molecular weight excluding hydrogens is 723 g/mol. The Bertz CT molecular complexity index is 2430. The molecule has 2 aliphatic rings. The molecule has 2 aromatic heterocycles. The number of hydrogen-bond acceptors (Lipinski definition) is 8. The summed E-state index contributed by atoms with van der Waals surface area (Å²) in [7, 11) is 0. The van der Waals surface area contributed by atoms with Gasteiger partial charge in [0, 0.05) is 48.9 Å². The van der Waals surface area contributed by atoms with E-state index in [1.807, 2.05) is 38.1 Å². The number of rotatable bonds is 10. The van der Waals surface area contributed by atoms with Crippen molar-refractivity contribution in [3.8, 4) is 39.8 Å². The SMILES string of the molecule is Cc1c(-c2nc3cc(CN4CCC[C@H]4C(=O)O)c(OC(F)F)cc3o2)cccc1-c1cccc(-c2nc3cc(CN4CC(C)C4)cc(C(F)(F)F)c3o2)c1C. The topological polar surface area (TPSA) is 105 Å². The highest BCUT2D eigenvalue weighted by Crippen LogP contribution is 2.42. The summed E-state index contributed by atoms with van der Waals surface area (Å²) in [4.78, 5) is 24.9. The summed E-state index contributed by atoms with van der Waals surface area (Å²) < 4.78 is 86.7. The third-order valence-corrected chi connectivity index (χ3v) is 10.6. The molecule has 8 rings (SSSR count). The van der Waals surface area contributed by atoms with E-state index >= 15 is 0 Å². The summed E-state index contributed by atoms with van der Waals surface area (Å²) in [6.07, 6.45) is -3.51. The molecule has 6 aromatic rings. The van der Waals surface area contributed by atoms with Crippen molar-refractivity contribution in [2.45, 2.75) is 65.5 Å². The summed E-state index contributed by atoms with van der Waals surface area (Å²) in [5.74, 6) is -0.279. The van der Waals surface area contributed by atoms with E-state index in [-0.39, 0.29) is 40.8 Å². The normalized spacial score (nSPS) is 17.1. The number of aromatic nitrogens is 2. The van der Waals surface area contributed by atoms with Crippen LogP contribution < -0.4 is 4.74 Å². The maximum atomic E-state index is 14.3. The molecule has 4 aromatic carbocycles. The Morgan fingerprint density at radius 1 is 0.909 bits per heavy atom. The highest BCUT2D eigenvalue weighted by Gasteiger charge is 2.36. The summed E-state index contributed by atoms with van der Waals surface area (Å²) in [6, 6.07) is 16.0. The van der Waals surface area contributed by atoms with E-state index in [0.29, 0.717) is 59.6 Å². The Labute approximate surface area is 312 Å². The molecule has 0 unspecified atom stereocenters. The predicted octanol–water partition coefficient (Wildman–Crippen LogP) is 9.71. The van der Waals surface area contributed by atoms with E-state index in [0.717, 1.165) is 41.4 Å². The van der Waals surface area contributed by atoms with E-state index in [2.05, 4.69) is 16.8 Å². The van der Waals surface area contributed by atoms with Crippen molar-refractivity contribution in [1.82, 2.24) is 19.8 Å². The Morgan fingerprint density at radius 2 is 1.55 bits per heavy atom. The number of carboxylic acid groups (broad SMARTS) is 1. The number of nitrogens with zero attached hydrogens (tertiary/aromatic N) is 4. The summed E-state index contributed by atoms with van der Waals surface area (Å²) in [6.45, 7) is 5.37. The van der Waals surface area contributed by atoms with Crippen molar-refractivity contribution in [2.75, 3.05) is 19.6 Å². The smallest absolute Gasteiger partial charge is 0.420 e. The second kappa shape index (κ2) is 14.1. The van der Waals surface area contributed by atoms with Gasteiger partial charge >= 0.3 is 18.8 Å². The Morgan fingerprint density at radius 3 is 2.16 bits per heavy atom. The van der Waals surface area contributed by atoms with Crippen LogP contribution in [-0.2, 0) is 24.1 Å². The zero-order valence-corrected chi connectivity index (χ0v) is 30.2. The average molecular weight is 761 g/mol. The Hall–Kier alpha value is -5.34. The lowest BCUT2D eigenvalue weighted by molar-refractivity contribution is -0.142. The first-order chi connectivity index (χ1) is 26.2. The van der Waals surface area contributed by atoms with Gasteiger partial charge in [-0.25, -0.2) is 9.97 Å². The summed E-state index contributed by atoms with van der Waals surface area (Å²) in [5.41, 5.74) is 4.72. The van der Waals surface area contributed by atoms with Crippen molar-refractivity contribution in [2.24, 2.45) is 5.92 Å². The standard InChI is InChI=1S/C41H37F5N4O5/c1-21-17-49(18-21)19-24-13-30(41(44,45)46)36-32(14-24)48-38(55-36)29-10-5-8-27(23(29)3)26-7-4-9-28(22(26)2)37-47-31-15-25(20-50-12-6-11-33(50)39(51)52)34(54-40(42)43)16-35(31)53-37/h4-5,7-10,13-16,21,33,40H,6,11-12,17-20H2,1-3H3,(H,51,52)/t33-/m0/s1. The van der Waals surface area contributed by atoms with E-state index in [1.54, 1.807) is 29.2 Å². The molecule has 4 heterocycles. The van der Waals surface area contributed by atoms with Gasteiger partial charge in [0.1, 0.15) is 28.4 Å². The maximum Gasteiger partial charge on any atom is 0.420 e. The zero-order chi connectivity index (χ0) is 38.8. The van der Waals surface area contributed by atoms with Gasteiger partial charge < -0.3 is 18.7 Å². The molecule has 0 spiro atoms. The number of ether oxygens (including phenoxy) is 1. The van der Waals surface area contributed by atoms with Crippen LogP contribution in [0.2, 0.25) is 0 Å². The fourth-order valence-corrected chi connectivity index (χ4v) is 8.00. The van der Waals surface area contributed by atoms with Crippen LogP contribution >= 0.6 is 0 Å². The molecule has 0 aliphatic carbocycles. The lowest BCUT2D eigenvalue weighted by atomic mass is 9.91. The number of fused-ring (bicyclic) bond motifs is 2. The second-order valence-electron chi connectivity index (χ2n) is 14.6. The first-order valence-corrected chi connectivity index (χ1v) is 18.0. The van der Waals surface area contributed by atoms with Crippen LogP contribution in [0.25, 0.3) is 56.2 Å². The molecule has 0 bridgehead atoms. The minimum atomic E-state index is -4.64. The summed E-state index contributed by atoms with van der Waals surface area (Å²) >= 11 is 0. The van der Waals surface area contributed by atoms with Crippen molar-refractivity contribution in [1.29, 1.82) is 0 Å². The number of carboxylic acids is 1. The number of benzene rings is 4. The lowest BCUT2D eigenvalue weighted by Crippen LogP contribution is -2.44. The molecule has 2 fully saturated rings. The first-order valence-electron chi connectivity index (χ1n) is 18.0. The third-order valence-electron chi connectivity index (χ3n) is 10.6. The van der Waals surface area contributed by atoms with E-state index in [9.17, 15) is 31.9 Å². The van der Waals surface area contributed by atoms with Crippen molar-refractivity contribution < 1.29 is 45.4 Å². The van der Waals surface area contributed by atoms with Crippen LogP contribution in [0.1, 0.15) is 47.6 Å². The molecule has 286 valence electrons. The quantitative estimate of drug-likeness (QED) is 0.137. The number of likely N-dealkylation sites (tertiary alicyclic amines) is 2. The number of oxazole rings is 2. The van der Waals surface area contributed by atoms with Crippen molar-refractivity contribution in [3.63, 3.8) is 0 Å². The van der Waals surface area contributed by atoms with Gasteiger partial charge in [0.05, 0.1) is 0 Å². The van der Waals surface area contributed by atoms with Gasteiger partial charge in [-0.05, 0) is 97.3 Å². The molecule has 0 amide bonds. The number of alkyl halides is 5. The molecule has 9 nitrogen and oxygen atoms in total. The average Bonchev–Trinajstić information content (AvgIpc) is 3.85. The Balaban J connectivity index is 1.14. The fourth-order valence-electron chi connectivity index (χ4n) is 8.00. The number of carbonyl (C=O) groups is 1. The van der Waals surface area contributed by atoms with E-state index in [4.69, 9.17) is 18.6 Å². The molecule has 55 heavy (non-hydrogen) atoms. The van der Waals surface area contributed by atoms with E-state index in [1.165, 1.54) is 6.07 Å². The van der Waals surface area contributed by atoms with Gasteiger partial charge in [0.2, 0.25) is 11.8 Å². The van der Waals surface area contributed by atoms with Crippen LogP contribution in [0.15, 0.2) is 69.5 Å². The van der Waals surface area contributed by atoms with Crippen molar-refractivity contribution >= 4 is 28.2 Å². The number of aliphatic carboxylic acids is 1. The zero-order valence-electron chi connectivity index (χ0n) is 30.2. The molecule has 1 atom stereocenters. The minimum absolute atomic E-state index is 0.0727. The van der Waals surface area contributed by atoms with E-state index < -0.39 is 30.4 Å².